The third kappa shape index (κ3) is 7.59. The first-order chi connectivity index (χ1) is 16.1. The number of benzene rings is 1. The van der Waals surface area contributed by atoms with Crippen molar-refractivity contribution in [3.63, 3.8) is 0 Å². The molecule has 10 heteroatoms. The summed E-state index contributed by atoms with van der Waals surface area (Å²) in [4.78, 5) is 44.6. The predicted molar refractivity (Wildman–Crippen MR) is 128 cm³/mol. The summed E-state index contributed by atoms with van der Waals surface area (Å²) in [6.45, 7) is 6.34. The van der Waals surface area contributed by atoms with Crippen molar-refractivity contribution in [2.24, 2.45) is 0 Å². The van der Waals surface area contributed by atoms with E-state index in [1.54, 1.807) is 11.6 Å². The fourth-order valence-electron chi connectivity index (χ4n) is 3.75. The minimum Gasteiger partial charge on any atom is -0.376 e. The molecule has 3 rings (SSSR count). The number of aromatic nitrogens is 1. The average Bonchev–Trinajstić information content (AvgIpc) is 3.46. The van der Waals surface area contributed by atoms with Gasteiger partial charge < -0.3 is 20.3 Å². The van der Waals surface area contributed by atoms with Gasteiger partial charge >= 0.3 is 0 Å². The van der Waals surface area contributed by atoms with Crippen molar-refractivity contribution in [1.29, 1.82) is 0 Å². The molecule has 1 aromatic heterocycles. The molecule has 2 heterocycles. The lowest BCUT2D eigenvalue weighted by Gasteiger charge is -2.35. The van der Waals surface area contributed by atoms with Gasteiger partial charge in [-0.2, -0.15) is 0 Å². The number of carbonyl (C=O) groups excluding carboxylic acids is 3. The highest BCUT2D eigenvalue weighted by atomic mass is 32.1. The Morgan fingerprint density at radius 2 is 1.97 bits per heavy atom. The van der Waals surface area contributed by atoms with Crippen molar-refractivity contribution in [3.8, 4) is 0 Å². The lowest BCUT2D eigenvalue weighted by Crippen LogP contribution is -2.50. The van der Waals surface area contributed by atoms with E-state index in [9.17, 15) is 18.8 Å². The van der Waals surface area contributed by atoms with Gasteiger partial charge in [-0.3, -0.25) is 14.4 Å². The lowest BCUT2D eigenvalue weighted by atomic mass is 10.00. The normalized spacial score (nSPS) is 16.6. The van der Waals surface area contributed by atoms with E-state index >= 15 is 0 Å². The van der Waals surface area contributed by atoms with Crippen molar-refractivity contribution >= 4 is 34.2 Å². The van der Waals surface area contributed by atoms with Crippen molar-refractivity contribution < 1.29 is 23.5 Å². The SMILES string of the molecule is CC(C)(C)NC(=O)[C@@H](c1ccc(F)cc1)N(C[C@@H]1CCCO1)C(=O)CCC(=O)Nc1nccs1. The molecule has 0 bridgehead atoms. The van der Waals surface area contributed by atoms with E-state index in [4.69, 9.17) is 4.74 Å². The molecule has 0 saturated carbocycles. The number of carbonyl (C=O) groups is 3. The van der Waals surface area contributed by atoms with E-state index in [1.807, 2.05) is 20.8 Å². The fourth-order valence-corrected chi connectivity index (χ4v) is 4.29. The molecule has 0 aliphatic carbocycles. The molecule has 2 atom stereocenters. The van der Waals surface area contributed by atoms with Gasteiger partial charge in [-0.15, -0.1) is 11.3 Å². The number of nitrogens with zero attached hydrogens (tertiary/aromatic N) is 2. The van der Waals surface area contributed by atoms with Crippen LogP contribution in [-0.4, -0.2) is 52.4 Å². The summed E-state index contributed by atoms with van der Waals surface area (Å²) in [5.74, 6) is -1.51. The molecule has 2 aromatic rings. The van der Waals surface area contributed by atoms with E-state index < -0.39 is 17.4 Å². The molecule has 34 heavy (non-hydrogen) atoms. The van der Waals surface area contributed by atoms with Gasteiger partial charge in [-0.25, -0.2) is 9.37 Å². The Bertz CT molecular complexity index is 970. The van der Waals surface area contributed by atoms with Crippen LogP contribution in [-0.2, 0) is 19.1 Å². The van der Waals surface area contributed by atoms with Gasteiger partial charge in [0.05, 0.1) is 6.10 Å². The van der Waals surface area contributed by atoms with E-state index in [0.29, 0.717) is 17.3 Å². The molecule has 1 aliphatic rings. The van der Waals surface area contributed by atoms with E-state index in [1.165, 1.54) is 40.5 Å². The highest BCUT2D eigenvalue weighted by Gasteiger charge is 2.35. The first-order valence-corrected chi connectivity index (χ1v) is 12.2. The molecule has 0 radical (unpaired) electrons. The summed E-state index contributed by atoms with van der Waals surface area (Å²) in [5.41, 5.74) is -0.0524. The van der Waals surface area contributed by atoms with Gasteiger partial charge in [0.1, 0.15) is 11.9 Å². The summed E-state index contributed by atoms with van der Waals surface area (Å²) < 4.78 is 19.4. The zero-order valence-corrected chi connectivity index (χ0v) is 20.5. The van der Waals surface area contributed by atoms with Gasteiger partial charge in [0.25, 0.3) is 0 Å². The van der Waals surface area contributed by atoms with Crippen LogP contribution >= 0.6 is 11.3 Å². The number of amides is 3. The number of rotatable bonds is 9. The van der Waals surface area contributed by atoms with E-state index in [-0.39, 0.29) is 43.2 Å². The molecule has 1 saturated heterocycles. The number of anilines is 1. The number of hydrogen-bond donors (Lipinski definition) is 2. The van der Waals surface area contributed by atoms with Gasteiger partial charge in [0.15, 0.2) is 5.13 Å². The first-order valence-electron chi connectivity index (χ1n) is 11.3. The topological polar surface area (TPSA) is 101 Å². The number of nitrogens with one attached hydrogen (secondary N) is 2. The lowest BCUT2D eigenvalue weighted by molar-refractivity contribution is -0.143. The van der Waals surface area contributed by atoms with Gasteiger partial charge in [0.2, 0.25) is 17.7 Å². The Labute approximate surface area is 202 Å². The first kappa shape index (κ1) is 25.8. The molecule has 0 unspecified atom stereocenters. The van der Waals surface area contributed by atoms with E-state index in [0.717, 1.165) is 12.8 Å². The Morgan fingerprint density at radius 3 is 2.56 bits per heavy atom. The second kappa shape index (κ2) is 11.5. The summed E-state index contributed by atoms with van der Waals surface area (Å²) in [5, 5.41) is 7.80. The van der Waals surface area contributed by atoms with Crippen LogP contribution in [0.4, 0.5) is 9.52 Å². The van der Waals surface area contributed by atoms with E-state index in [2.05, 4.69) is 15.6 Å². The van der Waals surface area contributed by atoms with Crippen LogP contribution in [0.1, 0.15) is 58.1 Å². The molecule has 1 aliphatic heterocycles. The monoisotopic (exact) mass is 490 g/mol. The Balaban J connectivity index is 1.83. The molecule has 184 valence electrons. The fraction of sp³-hybridized carbons (Fsp3) is 0.500. The second-order valence-corrected chi connectivity index (χ2v) is 10.2. The van der Waals surface area contributed by atoms with Crippen molar-refractivity contribution in [2.45, 2.75) is 64.1 Å². The zero-order chi connectivity index (χ0) is 24.7. The van der Waals surface area contributed by atoms with Crippen LogP contribution in [0.2, 0.25) is 0 Å². The average molecular weight is 491 g/mol. The number of halogens is 1. The number of ether oxygens (including phenoxy) is 1. The van der Waals surface area contributed by atoms with Crippen molar-refractivity contribution in [1.82, 2.24) is 15.2 Å². The van der Waals surface area contributed by atoms with Crippen LogP contribution in [0.5, 0.6) is 0 Å². The summed E-state index contributed by atoms with van der Waals surface area (Å²) >= 11 is 1.29. The molecule has 3 amide bonds. The molecular weight excluding hydrogens is 459 g/mol. The van der Waals surface area contributed by atoms with Gasteiger partial charge in [0, 0.05) is 43.1 Å². The van der Waals surface area contributed by atoms with Crippen LogP contribution in [0.25, 0.3) is 0 Å². The largest absolute Gasteiger partial charge is 0.376 e. The minimum absolute atomic E-state index is 0.0581. The number of hydrogen-bond acceptors (Lipinski definition) is 6. The van der Waals surface area contributed by atoms with Crippen molar-refractivity contribution in [3.05, 3.63) is 47.2 Å². The van der Waals surface area contributed by atoms with Crippen LogP contribution < -0.4 is 10.6 Å². The molecule has 1 fully saturated rings. The van der Waals surface area contributed by atoms with Gasteiger partial charge in [-0.05, 0) is 51.3 Å². The standard InChI is InChI=1S/C24H31FN4O4S/c1-24(2,3)28-22(32)21(16-6-8-17(25)9-7-16)29(15-18-5-4-13-33-18)20(31)11-10-19(30)27-23-26-12-14-34-23/h6-9,12,14,18,21H,4-5,10-11,13,15H2,1-3H3,(H,28,32)(H,26,27,30)/t18-,21+/m0/s1. The summed E-state index contributed by atoms with van der Waals surface area (Å²) in [6.07, 6.45) is 2.86. The highest BCUT2D eigenvalue weighted by molar-refractivity contribution is 7.13. The maximum atomic E-state index is 13.6. The van der Waals surface area contributed by atoms with Gasteiger partial charge in [-0.1, -0.05) is 12.1 Å². The Hall–Kier alpha value is -2.85. The van der Waals surface area contributed by atoms with Crippen LogP contribution in [0, 0.1) is 5.82 Å². The smallest absolute Gasteiger partial charge is 0.247 e. The molecule has 2 N–H and O–H groups in total. The van der Waals surface area contributed by atoms with Crippen LogP contribution in [0.15, 0.2) is 35.8 Å². The number of thiazole rings is 1. The summed E-state index contributed by atoms with van der Waals surface area (Å²) in [6, 6.07) is 4.56. The quantitative estimate of drug-likeness (QED) is 0.559. The Morgan fingerprint density at radius 1 is 1.24 bits per heavy atom. The van der Waals surface area contributed by atoms with Crippen molar-refractivity contribution in [2.75, 3.05) is 18.5 Å². The predicted octanol–water partition coefficient (Wildman–Crippen LogP) is 3.66. The second-order valence-electron chi connectivity index (χ2n) is 9.26. The maximum absolute atomic E-state index is 13.6. The molecule has 0 spiro atoms. The summed E-state index contributed by atoms with van der Waals surface area (Å²) in [7, 11) is 0. The molecular formula is C24H31FN4O4S. The third-order valence-electron chi connectivity index (χ3n) is 5.23. The van der Waals surface area contributed by atoms with Crippen LogP contribution in [0.3, 0.4) is 0 Å². The zero-order valence-electron chi connectivity index (χ0n) is 19.7. The Kier molecular flexibility index (Phi) is 8.73. The maximum Gasteiger partial charge on any atom is 0.247 e. The molecule has 1 aromatic carbocycles. The minimum atomic E-state index is -0.987. The third-order valence-corrected chi connectivity index (χ3v) is 5.92. The highest BCUT2D eigenvalue weighted by Crippen LogP contribution is 2.27. The molecule has 8 nitrogen and oxygen atoms in total.